The zero-order valence-electron chi connectivity index (χ0n) is 9.74. The van der Waals surface area contributed by atoms with Crippen LogP contribution in [-0.2, 0) is 0 Å². The van der Waals surface area contributed by atoms with Gasteiger partial charge < -0.3 is 16.2 Å². The second-order valence-electron chi connectivity index (χ2n) is 4.69. The van der Waals surface area contributed by atoms with Crippen LogP contribution in [0.25, 0.3) is 0 Å². The first-order valence-corrected chi connectivity index (χ1v) is 5.97. The SMILES string of the molecule is Cc1ccc(NC2CCCCC2O)c(N)c1. The highest BCUT2D eigenvalue weighted by molar-refractivity contribution is 5.67. The molecule has 0 aliphatic heterocycles. The number of nitrogens with one attached hydrogen (secondary N) is 1. The van der Waals surface area contributed by atoms with Crippen molar-refractivity contribution < 1.29 is 5.11 Å². The molecule has 1 aliphatic rings. The molecular formula is C13H20N2O. The molecule has 1 saturated carbocycles. The van der Waals surface area contributed by atoms with Crippen LogP contribution in [0.2, 0.25) is 0 Å². The van der Waals surface area contributed by atoms with Crippen LogP contribution in [0.15, 0.2) is 18.2 Å². The van der Waals surface area contributed by atoms with Crippen molar-refractivity contribution >= 4 is 11.4 Å². The Morgan fingerprint density at radius 3 is 2.75 bits per heavy atom. The highest BCUT2D eigenvalue weighted by atomic mass is 16.3. The van der Waals surface area contributed by atoms with Crippen LogP contribution in [0, 0.1) is 6.92 Å². The van der Waals surface area contributed by atoms with Gasteiger partial charge in [-0.1, -0.05) is 18.9 Å². The summed E-state index contributed by atoms with van der Waals surface area (Å²) in [6, 6.07) is 6.14. The van der Waals surface area contributed by atoms with E-state index < -0.39 is 0 Å². The van der Waals surface area contributed by atoms with Gasteiger partial charge in [-0.15, -0.1) is 0 Å². The van der Waals surface area contributed by atoms with Gasteiger partial charge in [-0.25, -0.2) is 0 Å². The Kier molecular flexibility index (Phi) is 3.34. The highest BCUT2D eigenvalue weighted by Gasteiger charge is 2.22. The molecule has 0 heterocycles. The first-order chi connectivity index (χ1) is 7.66. The Morgan fingerprint density at radius 2 is 2.06 bits per heavy atom. The number of aliphatic hydroxyl groups is 1. The van der Waals surface area contributed by atoms with E-state index in [0.29, 0.717) is 0 Å². The molecule has 16 heavy (non-hydrogen) atoms. The minimum Gasteiger partial charge on any atom is -0.397 e. The number of aryl methyl sites for hydroxylation is 1. The monoisotopic (exact) mass is 220 g/mol. The Balaban J connectivity index is 2.07. The van der Waals surface area contributed by atoms with E-state index in [2.05, 4.69) is 5.32 Å². The molecule has 4 N–H and O–H groups in total. The number of hydrogen-bond acceptors (Lipinski definition) is 3. The Bertz CT molecular complexity index is 365. The van der Waals surface area contributed by atoms with Crippen molar-refractivity contribution in [1.29, 1.82) is 0 Å². The van der Waals surface area contributed by atoms with Gasteiger partial charge in [0.05, 0.1) is 23.5 Å². The number of nitrogens with two attached hydrogens (primary N) is 1. The van der Waals surface area contributed by atoms with Crippen LogP contribution >= 0.6 is 0 Å². The maximum Gasteiger partial charge on any atom is 0.0741 e. The van der Waals surface area contributed by atoms with E-state index in [0.717, 1.165) is 36.2 Å². The number of aliphatic hydroxyl groups excluding tert-OH is 1. The van der Waals surface area contributed by atoms with Crippen LogP contribution in [0.4, 0.5) is 11.4 Å². The predicted octanol–water partition coefficient (Wildman–Crippen LogP) is 2.29. The van der Waals surface area contributed by atoms with Crippen LogP contribution in [-0.4, -0.2) is 17.3 Å². The quantitative estimate of drug-likeness (QED) is 0.670. The van der Waals surface area contributed by atoms with E-state index in [4.69, 9.17) is 5.73 Å². The number of benzene rings is 1. The molecule has 0 spiro atoms. The zero-order chi connectivity index (χ0) is 11.5. The summed E-state index contributed by atoms with van der Waals surface area (Å²) in [7, 11) is 0. The van der Waals surface area contributed by atoms with Crippen molar-refractivity contribution in [2.45, 2.75) is 44.8 Å². The van der Waals surface area contributed by atoms with Gasteiger partial charge in [0.25, 0.3) is 0 Å². The molecule has 1 aliphatic carbocycles. The van der Waals surface area contributed by atoms with Crippen molar-refractivity contribution in [2.24, 2.45) is 0 Å². The molecule has 1 aromatic rings. The van der Waals surface area contributed by atoms with Gasteiger partial charge in [0.1, 0.15) is 0 Å². The second kappa shape index (κ2) is 4.74. The van der Waals surface area contributed by atoms with E-state index >= 15 is 0 Å². The normalized spacial score (nSPS) is 25.4. The molecule has 1 fully saturated rings. The molecule has 3 nitrogen and oxygen atoms in total. The summed E-state index contributed by atoms with van der Waals surface area (Å²) in [5.74, 6) is 0. The molecule has 2 rings (SSSR count). The van der Waals surface area contributed by atoms with Crippen molar-refractivity contribution in [1.82, 2.24) is 0 Å². The third-order valence-corrected chi connectivity index (χ3v) is 3.28. The van der Waals surface area contributed by atoms with E-state index in [1.165, 1.54) is 6.42 Å². The molecule has 0 aromatic heterocycles. The lowest BCUT2D eigenvalue weighted by atomic mass is 9.92. The highest BCUT2D eigenvalue weighted by Crippen LogP contribution is 2.26. The summed E-state index contributed by atoms with van der Waals surface area (Å²) >= 11 is 0. The Labute approximate surface area is 96.7 Å². The number of rotatable bonds is 2. The van der Waals surface area contributed by atoms with Crippen LogP contribution in [0.5, 0.6) is 0 Å². The molecule has 1 aromatic carbocycles. The van der Waals surface area contributed by atoms with Gasteiger partial charge in [0.2, 0.25) is 0 Å². The molecule has 3 heteroatoms. The van der Waals surface area contributed by atoms with Gasteiger partial charge in [-0.3, -0.25) is 0 Å². The fraction of sp³-hybridized carbons (Fsp3) is 0.538. The average molecular weight is 220 g/mol. The maximum atomic E-state index is 9.87. The Morgan fingerprint density at radius 1 is 1.31 bits per heavy atom. The van der Waals surface area contributed by atoms with E-state index in [-0.39, 0.29) is 12.1 Å². The topological polar surface area (TPSA) is 58.3 Å². The van der Waals surface area contributed by atoms with Crippen molar-refractivity contribution in [3.05, 3.63) is 23.8 Å². The van der Waals surface area contributed by atoms with Crippen molar-refractivity contribution in [2.75, 3.05) is 11.1 Å². The summed E-state index contributed by atoms with van der Waals surface area (Å²) in [4.78, 5) is 0. The summed E-state index contributed by atoms with van der Waals surface area (Å²) in [6.45, 7) is 2.02. The molecule has 88 valence electrons. The lowest BCUT2D eigenvalue weighted by Gasteiger charge is -2.29. The maximum absolute atomic E-state index is 9.87. The largest absolute Gasteiger partial charge is 0.397 e. The Hall–Kier alpha value is -1.22. The third-order valence-electron chi connectivity index (χ3n) is 3.28. The van der Waals surface area contributed by atoms with Gasteiger partial charge in [0, 0.05) is 0 Å². The van der Waals surface area contributed by atoms with Crippen LogP contribution in [0.3, 0.4) is 0 Å². The minimum atomic E-state index is -0.241. The number of anilines is 2. The lowest BCUT2D eigenvalue weighted by molar-refractivity contribution is 0.116. The summed E-state index contributed by atoms with van der Waals surface area (Å²) in [5, 5.41) is 13.2. The summed E-state index contributed by atoms with van der Waals surface area (Å²) in [5.41, 5.74) is 8.80. The molecule has 2 unspecified atom stereocenters. The van der Waals surface area contributed by atoms with Gasteiger partial charge >= 0.3 is 0 Å². The lowest BCUT2D eigenvalue weighted by Crippen LogP contribution is -2.36. The van der Waals surface area contributed by atoms with Gasteiger partial charge in [-0.05, 0) is 37.5 Å². The molecule has 0 amide bonds. The van der Waals surface area contributed by atoms with E-state index in [1.807, 2.05) is 25.1 Å². The standard InChI is InChI=1S/C13H20N2O/c1-9-6-7-11(10(14)8-9)15-12-4-2-3-5-13(12)16/h6-8,12-13,15-16H,2-5,14H2,1H3. The zero-order valence-corrected chi connectivity index (χ0v) is 9.74. The van der Waals surface area contributed by atoms with E-state index in [1.54, 1.807) is 0 Å². The number of nitrogen functional groups attached to an aromatic ring is 1. The van der Waals surface area contributed by atoms with Crippen molar-refractivity contribution in [3.63, 3.8) is 0 Å². The summed E-state index contributed by atoms with van der Waals surface area (Å²) < 4.78 is 0. The third kappa shape index (κ3) is 2.47. The van der Waals surface area contributed by atoms with Crippen LogP contribution in [0.1, 0.15) is 31.2 Å². The smallest absolute Gasteiger partial charge is 0.0741 e. The minimum absolute atomic E-state index is 0.152. The molecule has 2 atom stereocenters. The average Bonchev–Trinajstić information content (AvgIpc) is 2.25. The fourth-order valence-electron chi connectivity index (χ4n) is 2.29. The van der Waals surface area contributed by atoms with Gasteiger partial charge in [0.15, 0.2) is 0 Å². The molecule has 0 bridgehead atoms. The first-order valence-electron chi connectivity index (χ1n) is 5.97. The van der Waals surface area contributed by atoms with Gasteiger partial charge in [-0.2, -0.15) is 0 Å². The predicted molar refractivity (Wildman–Crippen MR) is 67.5 cm³/mol. The molecular weight excluding hydrogens is 200 g/mol. The fourth-order valence-corrected chi connectivity index (χ4v) is 2.29. The number of hydrogen-bond donors (Lipinski definition) is 3. The summed E-state index contributed by atoms with van der Waals surface area (Å²) in [6.07, 6.45) is 3.98. The van der Waals surface area contributed by atoms with Crippen molar-refractivity contribution in [3.8, 4) is 0 Å². The molecule has 0 radical (unpaired) electrons. The van der Waals surface area contributed by atoms with E-state index in [9.17, 15) is 5.11 Å². The molecule has 0 saturated heterocycles. The first kappa shape index (κ1) is 11.3. The van der Waals surface area contributed by atoms with Crippen LogP contribution < -0.4 is 11.1 Å². The second-order valence-corrected chi connectivity index (χ2v) is 4.69.